The van der Waals surface area contributed by atoms with Crippen molar-refractivity contribution in [1.82, 2.24) is 10.3 Å². The predicted octanol–water partition coefficient (Wildman–Crippen LogP) is 3.34. The van der Waals surface area contributed by atoms with E-state index in [-0.39, 0.29) is 5.82 Å². The summed E-state index contributed by atoms with van der Waals surface area (Å²) < 4.78 is 13.5. The monoisotopic (exact) mass is 279 g/mol. The summed E-state index contributed by atoms with van der Waals surface area (Å²) in [5.41, 5.74) is 0.954. The Kier molecular flexibility index (Phi) is 4.97. The van der Waals surface area contributed by atoms with E-state index in [1.807, 2.05) is 7.05 Å². The van der Waals surface area contributed by atoms with Crippen molar-refractivity contribution < 1.29 is 4.39 Å². The predicted molar refractivity (Wildman–Crippen MR) is 81.4 cm³/mol. The van der Waals surface area contributed by atoms with Gasteiger partial charge < -0.3 is 10.2 Å². The van der Waals surface area contributed by atoms with Gasteiger partial charge in [0.1, 0.15) is 11.6 Å². The van der Waals surface area contributed by atoms with E-state index < -0.39 is 0 Å². The fourth-order valence-corrected chi connectivity index (χ4v) is 2.51. The normalized spacial score (nSPS) is 16.5. The standard InChI is InChI=1S/C16H26FN3/c1-11(2)7-12(3)20(4)16-13(8-14(17)10-19-16)9-18-15-5-6-15/h8,10-12,15,18H,5-7,9H2,1-4H3. The quantitative estimate of drug-likeness (QED) is 0.829. The number of nitrogens with zero attached hydrogens (tertiary/aromatic N) is 2. The maximum atomic E-state index is 13.5. The smallest absolute Gasteiger partial charge is 0.141 e. The average Bonchev–Trinajstić information content (AvgIpc) is 3.19. The van der Waals surface area contributed by atoms with Crippen LogP contribution in [0.2, 0.25) is 0 Å². The summed E-state index contributed by atoms with van der Waals surface area (Å²) in [5, 5.41) is 3.44. The van der Waals surface area contributed by atoms with Crippen LogP contribution in [0.15, 0.2) is 12.3 Å². The van der Waals surface area contributed by atoms with E-state index in [1.165, 1.54) is 19.0 Å². The van der Waals surface area contributed by atoms with E-state index in [2.05, 4.69) is 36.0 Å². The van der Waals surface area contributed by atoms with E-state index >= 15 is 0 Å². The maximum absolute atomic E-state index is 13.5. The highest BCUT2D eigenvalue weighted by molar-refractivity contribution is 5.47. The van der Waals surface area contributed by atoms with Crippen molar-refractivity contribution in [1.29, 1.82) is 0 Å². The Morgan fingerprint density at radius 1 is 1.40 bits per heavy atom. The molecule has 20 heavy (non-hydrogen) atoms. The van der Waals surface area contributed by atoms with Crippen LogP contribution in [0.4, 0.5) is 10.2 Å². The molecule has 1 fully saturated rings. The molecule has 3 nitrogen and oxygen atoms in total. The molecule has 1 saturated carbocycles. The SMILES string of the molecule is CC(C)CC(C)N(C)c1ncc(F)cc1CNC1CC1. The fraction of sp³-hybridized carbons (Fsp3) is 0.688. The number of hydrogen-bond acceptors (Lipinski definition) is 3. The van der Waals surface area contributed by atoms with Crippen LogP contribution in [0.1, 0.15) is 45.6 Å². The average molecular weight is 279 g/mol. The van der Waals surface area contributed by atoms with Gasteiger partial charge in [0.25, 0.3) is 0 Å². The number of pyridine rings is 1. The van der Waals surface area contributed by atoms with Crippen LogP contribution in [0.5, 0.6) is 0 Å². The summed E-state index contributed by atoms with van der Waals surface area (Å²) >= 11 is 0. The molecule has 1 unspecified atom stereocenters. The van der Waals surface area contributed by atoms with Gasteiger partial charge in [0.15, 0.2) is 0 Å². The lowest BCUT2D eigenvalue weighted by atomic mass is 10.0. The molecule has 1 atom stereocenters. The first-order chi connectivity index (χ1) is 9.47. The molecule has 1 aromatic heterocycles. The third kappa shape index (κ3) is 4.17. The highest BCUT2D eigenvalue weighted by atomic mass is 19.1. The van der Waals surface area contributed by atoms with Gasteiger partial charge >= 0.3 is 0 Å². The van der Waals surface area contributed by atoms with Crippen LogP contribution in [0, 0.1) is 11.7 Å². The molecule has 1 N–H and O–H groups in total. The molecule has 4 heteroatoms. The van der Waals surface area contributed by atoms with E-state index in [1.54, 1.807) is 6.07 Å². The van der Waals surface area contributed by atoms with Crippen LogP contribution in [-0.2, 0) is 6.54 Å². The Morgan fingerprint density at radius 3 is 2.70 bits per heavy atom. The Balaban J connectivity index is 2.11. The molecule has 0 saturated heterocycles. The van der Waals surface area contributed by atoms with Gasteiger partial charge in [-0.2, -0.15) is 0 Å². The number of nitrogens with one attached hydrogen (secondary N) is 1. The number of anilines is 1. The maximum Gasteiger partial charge on any atom is 0.141 e. The lowest BCUT2D eigenvalue weighted by Crippen LogP contribution is -2.32. The van der Waals surface area contributed by atoms with Gasteiger partial charge in [0.2, 0.25) is 0 Å². The van der Waals surface area contributed by atoms with Crippen LogP contribution in [0.25, 0.3) is 0 Å². The Morgan fingerprint density at radius 2 is 2.10 bits per heavy atom. The molecule has 1 heterocycles. The van der Waals surface area contributed by atoms with Crippen LogP contribution < -0.4 is 10.2 Å². The first-order valence-electron chi connectivity index (χ1n) is 7.58. The van der Waals surface area contributed by atoms with Crippen molar-refractivity contribution >= 4 is 5.82 Å². The van der Waals surface area contributed by atoms with E-state index in [4.69, 9.17) is 0 Å². The van der Waals surface area contributed by atoms with Gasteiger partial charge in [-0.25, -0.2) is 9.37 Å². The van der Waals surface area contributed by atoms with E-state index in [0.717, 1.165) is 17.8 Å². The van der Waals surface area contributed by atoms with Gasteiger partial charge in [-0.1, -0.05) is 13.8 Å². The van der Waals surface area contributed by atoms with Gasteiger partial charge in [-0.05, 0) is 38.2 Å². The third-order valence-corrected chi connectivity index (χ3v) is 3.88. The molecule has 0 amide bonds. The summed E-state index contributed by atoms with van der Waals surface area (Å²) in [4.78, 5) is 6.49. The summed E-state index contributed by atoms with van der Waals surface area (Å²) in [6.07, 6.45) is 4.88. The minimum atomic E-state index is -0.258. The van der Waals surface area contributed by atoms with Crippen molar-refractivity contribution in [2.45, 2.75) is 58.7 Å². The second kappa shape index (κ2) is 6.53. The van der Waals surface area contributed by atoms with E-state index in [0.29, 0.717) is 24.5 Å². The van der Waals surface area contributed by atoms with Crippen molar-refractivity contribution in [3.8, 4) is 0 Å². The summed E-state index contributed by atoms with van der Waals surface area (Å²) in [6.45, 7) is 7.34. The lowest BCUT2D eigenvalue weighted by Gasteiger charge is -2.29. The number of rotatable bonds is 7. The zero-order chi connectivity index (χ0) is 14.7. The van der Waals surface area contributed by atoms with Crippen molar-refractivity contribution in [3.05, 3.63) is 23.6 Å². The first-order valence-corrected chi connectivity index (χ1v) is 7.58. The molecule has 1 aromatic rings. The third-order valence-electron chi connectivity index (χ3n) is 3.88. The molecule has 0 spiro atoms. The Hall–Kier alpha value is -1.16. The van der Waals surface area contributed by atoms with Crippen LogP contribution in [0.3, 0.4) is 0 Å². The van der Waals surface area contributed by atoms with Crippen LogP contribution >= 0.6 is 0 Å². The molecule has 112 valence electrons. The number of aromatic nitrogens is 1. The zero-order valence-corrected chi connectivity index (χ0v) is 13.0. The minimum absolute atomic E-state index is 0.258. The van der Waals surface area contributed by atoms with Gasteiger partial charge in [-0.3, -0.25) is 0 Å². The minimum Gasteiger partial charge on any atom is -0.357 e. The fourth-order valence-electron chi connectivity index (χ4n) is 2.51. The largest absolute Gasteiger partial charge is 0.357 e. The number of hydrogen-bond donors (Lipinski definition) is 1. The molecule has 0 aromatic carbocycles. The van der Waals surface area contributed by atoms with Gasteiger partial charge in [0, 0.05) is 31.2 Å². The second-order valence-electron chi connectivity index (χ2n) is 6.38. The highest BCUT2D eigenvalue weighted by Gasteiger charge is 2.22. The zero-order valence-electron chi connectivity index (χ0n) is 13.0. The van der Waals surface area contributed by atoms with Crippen molar-refractivity contribution in [2.75, 3.05) is 11.9 Å². The molecule has 2 rings (SSSR count). The molecule has 0 aliphatic heterocycles. The Labute approximate surface area is 121 Å². The van der Waals surface area contributed by atoms with Crippen molar-refractivity contribution in [3.63, 3.8) is 0 Å². The molecular weight excluding hydrogens is 253 g/mol. The lowest BCUT2D eigenvalue weighted by molar-refractivity contribution is 0.500. The molecule has 0 bridgehead atoms. The molecular formula is C16H26FN3. The number of halogens is 1. The Bertz CT molecular complexity index is 443. The second-order valence-corrected chi connectivity index (χ2v) is 6.38. The van der Waals surface area contributed by atoms with Gasteiger partial charge in [-0.15, -0.1) is 0 Å². The van der Waals surface area contributed by atoms with Crippen molar-refractivity contribution in [2.24, 2.45) is 5.92 Å². The van der Waals surface area contributed by atoms with Gasteiger partial charge in [0.05, 0.1) is 6.20 Å². The summed E-state index contributed by atoms with van der Waals surface area (Å²) in [5.74, 6) is 1.28. The molecule has 1 aliphatic rings. The topological polar surface area (TPSA) is 28.2 Å². The van der Waals surface area contributed by atoms with E-state index in [9.17, 15) is 4.39 Å². The van der Waals surface area contributed by atoms with Crippen LogP contribution in [-0.4, -0.2) is 24.1 Å². The molecule has 0 radical (unpaired) electrons. The summed E-state index contributed by atoms with van der Waals surface area (Å²) in [7, 11) is 2.05. The summed E-state index contributed by atoms with van der Waals surface area (Å²) in [6, 6.07) is 2.62. The first kappa shape index (κ1) is 15.2. The molecule has 1 aliphatic carbocycles. The highest BCUT2D eigenvalue weighted by Crippen LogP contribution is 2.24.